The van der Waals surface area contributed by atoms with Gasteiger partial charge in [-0.25, -0.2) is 8.78 Å². The van der Waals surface area contributed by atoms with E-state index in [4.69, 9.17) is 4.74 Å². The Morgan fingerprint density at radius 2 is 1.83 bits per heavy atom. The minimum Gasteiger partial charge on any atom is -0.494 e. The van der Waals surface area contributed by atoms with Crippen molar-refractivity contribution in [3.8, 4) is 5.75 Å². The first-order valence-electron chi connectivity index (χ1n) is 7.46. The van der Waals surface area contributed by atoms with Gasteiger partial charge in [-0.3, -0.25) is 4.79 Å². The van der Waals surface area contributed by atoms with E-state index in [1.165, 1.54) is 12.1 Å². The van der Waals surface area contributed by atoms with Crippen molar-refractivity contribution in [1.82, 2.24) is 5.32 Å². The molecule has 122 valence electrons. The second kappa shape index (κ2) is 7.72. The monoisotopic (exact) mass is 319 g/mol. The van der Waals surface area contributed by atoms with Gasteiger partial charge in [0.2, 0.25) is 0 Å². The third-order valence-corrected chi connectivity index (χ3v) is 3.36. The number of nitrogens with one attached hydrogen (secondary N) is 1. The molecule has 3 nitrogen and oxygen atoms in total. The van der Waals surface area contributed by atoms with Crippen LogP contribution in [0.5, 0.6) is 5.75 Å². The zero-order valence-corrected chi connectivity index (χ0v) is 13.2. The first-order chi connectivity index (χ1) is 11.0. The average Bonchev–Trinajstić information content (AvgIpc) is 2.48. The molecule has 5 heteroatoms. The van der Waals surface area contributed by atoms with Gasteiger partial charge in [0, 0.05) is 18.2 Å². The Balaban J connectivity index is 1.93. The number of aryl methyl sites for hydroxylation is 1. The minimum atomic E-state index is -0.617. The lowest BCUT2D eigenvalue weighted by Gasteiger charge is -2.10. The van der Waals surface area contributed by atoms with Gasteiger partial charge in [0.05, 0.1) is 6.61 Å². The van der Waals surface area contributed by atoms with E-state index in [0.29, 0.717) is 30.7 Å². The van der Waals surface area contributed by atoms with Crippen LogP contribution in [0.4, 0.5) is 8.78 Å². The maximum Gasteiger partial charge on any atom is 0.251 e. The van der Waals surface area contributed by atoms with Gasteiger partial charge in [-0.1, -0.05) is 0 Å². The average molecular weight is 319 g/mol. The van der Waals surface area contributed by atoms with Crippen molar-refractivity contribution in [2.45, 2.75) is 20.3 Å². The summed E-state index contributed by atoms with van der Waals surface area (Å²) in [6.45, 7) is 4.64. The Kier molecular flexibility index (Phi) is 5.68. The molecule has 1 amide bonds. The molecule has 0 saturated heterocycles. The van der Waals surface area contributed by atoms with Gasteiger partial charge in [0.1, 0.15) is 17.4 Å². The molecule has 0 spiro atoms. The van der Waals surface area contributed by atoms with Crippen LogP contribution >= 0.6 is 0 Å². The molecule has 0 atom stereocenters. The van der Waals surface area contributed by atoms with Gasteiger partial charge in [0.25, 0.3) is 5.91 Å². The summed E-state index contributed by atoms with van der Waals surface area (Å²) in [5, 5.41) is 2.74. The summed E-state index contributed by atoms with van der Waals surface area (Å²) in [7, 11) is 0. The second-order valence-electron chi connectivity index (χ2n) is 5.20. The summed E-state index contributed by atoms with van der Waals surface area (Å²) in [5.41, 5.74) is 1.91. The number of carbonyl (C=O) groups is 1. The number of carbonyl (C=O) groups excluding carboxylic acids is 1. The van der Waals surface area contributed by atoms with E-state index in [0.717, 1.165) is 17.4 Å². The second-order valence-corrected chi connectivity index (χ2v) is 5.20. The van der Waals surface area contributed by atoms with Crippen LogP contribution in [0.15, 0.2) is 36.4 Å². The number of benzene rings is 2. The summed E-state index contributed by atoms with van der Waals surface area (Å²) in [6.07, 6.45) is 0.358. The van der Waals surface area contributed by atoms with Crippen LogP contribution in [0.2, 0.25) is 0 Å². The highest BCUT2D eigenvalue weighted by Crippen LogP contribution is 2.19. The topological polar surface area (TPSA) is 38.3 Å². The van der Waals surface area contributed by atoms with Gasteiger partial charge in [-0.2, -0.15) is 0 Å². The smallest absolute Gasteiger partial charge is 0.251 e. The number of halogens is 2. The van der Waals surface area contributed by atoms with Crippen LogP contribution in [0.1, 0.15) is 28.4 Å². The lowest BCUT2D eigenvalue weighted by molar-refractivity contribution is 0.0954. The first-order valence-corrected chi connectivity index (χ1v) is 7.46. The third kappa shape index (κ3) is 4.77. The molecule has 2 rings (SSSR count). The van der Waals surface area contributed by atoms with Gasteiger partial charge in [-0.05, 0) is 61.7 Å². The molecule has 0 unspecified atom stereocenters. The minimum absolute atomic E-state index is 0.229. The SMILES string of the molecule is CCOc1ccc(C(=O)NCCc2cc(F)cc(F)c2)cc1C. The Labute approximate surface area is 134 Å². The summed E-state index contributed by atoms with van der Waals surface area (Å²) >= 11 is 0. The highest BCUT2D eigenvalue weighted by Gasteiger charge is 2.08. The maximum atomic E-state index is 13.1. The lowest BCUT2D eigenvalue weighted by atomic mass is 10.1. The van der Waals surface area contributed by atoms with Crippen molar-refractivity contribution in [3.05, 3.63) is 64.7 Å². The summed E-state index contributed by atoms with van der Waals surface area (Å²) < 4.78 is 31.6. The Morgan fingerprint density at radius 1 is 1.13 bits per heavy atom. The number of hydrogen-bond donors (Lipinski definition) is 1. The van der Waals surface area contributed by atoms with Crippen LogP contribution in [-0.4, -0.2) is 19.1 Å². The molecule has 0 heterocycles. The van der Waals surface area contributed by atoms with E-state index in [1.807, 2.05) is 13.8 Å². The first kappa shape index (κ1) is 16.9. The Morgan fingerprint density at radius 3 is 2.43 bits per heavy atom. The quantitative estimate of drug-likeness (QED) is 0.883. The maximum absolute atomic E-state index is 13.1. The molecule has 0 radical (unpaired) electrons. The molecule has 0 aliphatic carbocycles. The molecule has 0 bridgehead atoms. The molecule has 0 aliphatic rings. The van der Waals surface area contributed by atoms with Crippen LogP contribution in [-0.2, 0) is 6.42 Å². The van der Waals surface area contributed by atoms with Gasteiger partial charge < -0.3 is 10.1 Å². The fourth-order valence-electron chi connectivity index (χ4n) is 2.29. The zero-order chi connectivity index (χ0) is 16.8. The zero-order valence-electron chi connectivity index (χ0n) is 13.2. The summed E-state index contributed by atoms with van der Waals surface area (Å²) in [6, 6.07) is 8.55. The van der Waals surface area contributed by atoms with Gasteiger partial charge >= 0.3 is 0 Å². The fraction of sp³-hybridized carbons (Fsp3) is 0.278. The molecular weight excluding hydrogens is 300 g/mol. The molecule has 2 aromatic rings. The molecule has 0 fully saturated rings. The Hall–Kier alpha value is -2.43. The van der Waals surface area contributed by atoms with E-state index >= 15 is 0 Å². The molecule has 2 aromatic carbocycles. The number of amides is 1. The van der Waals surface area contributed by atoms with E-state index in [9.17, 15) is 13.6 Å². The van der Waals surface area contributed by atoms with Crippen molar-refractivity contribution in [2.75, 3.05) is 13.2 Å². The van der Waals surface area contributed by atoms with Crippen molar-refractivity contribution in [3.63, 3.8) is 0 Å². The summed E-state index contributed by atoms with van der Waals surface area (Å²) in [4.78, 5) is 12.1. The number of ether oxygens (including phenoxy) is 1. The molecule has 0 aliphatic heterocycles. The Bertz CT molecular complexity index is 681. The molecule has 0 aromatic heterocycles. The number of rotatable bonds is 6. The fourth-order valence-corrected chi connectivity index (χ4v) is 2.29. The van der Waals surface area contributed by atoms with Crippen molar-refractivity contribution in [1.29, 1.82) is 0 Å². The standard InChI is InChI=1S/C18H19F2NO2/c1-3-23-17-5-4-14(8-12(17)2)18(22)21-7-6-13-9-15(19)11-16(20)10-13/h4-5,8-11H,3,6-7H2,1-2H3,(H,21,22). The van der Waals surface area contributed by atoms with E-state index in [2.05, 4.69) is 5.32 Å². The van der Waals surface area contributed by atoms with Crippen molar-refractivity contribution < 1.29 is 18.3 Å². The van der Waals surface area contributed by atoms with Crippen LogP contribution in [0.25, 0.3) is 0 Å². The number of hydrogen-bond acceptors (Lipinski definition) is 2. The largest absolute Gasteiger partial charge is 0.494 e. The van der Waals surface area contributed by atoms with Gasteiger partial charge in [0.15, 0.2) is 0 Å². The van der Waals surface area contributed by atoms with Crippen LogP contribution in [0.3, 0.4) is 0 Å². The normalized spacial score (nSPS) is 10.4. The van der Waals surface area contributed by atoms with Gasteiger partial charge in [-0.15, -0.1) is 0 Å². The third-order valence-electron chi connectivity index (χ3n) is 3.36. The molecule has 0 saturated carbocycles. The molecular formula is C18H19F2NO2. The predicted octanol–water partition coefficient (Wildman–Crippen LogP) is 3.64. The molecule has 1 N–H and O–H groups in total. The van der Waals surface area contributed by atoms with Crippen molar-refractivity contribution in [2.24, 2.45) is 0 Å². The summed E-state index contributed by atoms with van der Waals surface area (Å²) in [5.74, 6) is -0.714. The highest BCUT2D eigenvalue weighted by atomic mass is 19.1. The van der Waals surface area contributed by atoms with Crippen LogP contribution < -0.4 is 10.1 Å². The molecule has 23 heavy (non-hydrogen) atoms. The highest BCUT2D eigenvalue weighted by molar-refractivity contribution is 5.94. The predicted molar refractivity (Wildman–Crippen MR) is 84.7 cm³/mol. The van der Waals surface area contributed by atoms with E-state index in [1.54, 1.807) is 18.2 Å². The van der Waals surface area contributed by atoms with E-state index in [-0.39, 0.29) is 5.91 Å². The van der Waals surface area contributed by atoms with Crippen molar-refractivity contribution >= 4 is 5.91 Å². The lowest BCUT2D eigenvalue weighted by Crippen LogP contribution is -2.25. The van der Waals surface area contributed by atoms with E-state index < -0.39 is 11.6 Å². The van der Waals surface area contributed by atoms with Crippen LogP contribution in [0, 0.1) is 18.6 Å².